The monoisotopic (exact) mass is 282 g/mol. The molecule has 4 heteroatoms. The number of hydrogen-bond donors (Lipinski definition) is 0. The van der Waals surface area contributed by atoms with Crippen molar-refractivity contribution in [2.45, 2.75) is 73.1 Å². The van der Waals surface area contributed by atoms with Gasteiger partial charge < -0.3 is 4.74 Å². The van der Waals surface area contributed by atoms with E-state index in [0.29, 0.717) is 12.0 Å². The van der Waals surface area contributed by atoms with Crippen LogP contribution in [-0.2, 0) is 4.74 Å². The molecule has 2 heterocycles. The largest absolute Gasteiger partial charge is 0.439 e. The number of hydrogen-bond acceptors (Lipinski definition) is 3. The fraction of sp³-hybridized carbons (Fsp3) is 0.938. The molecule has 0 aromatic heterocycles. The van der Waals surface area contributed by atoms with Crippen molar-refractivity contribution in [1.29, 1.82) is 0 Å². The summed E-state index contributed by atoms with van der Waals surface area (Å²) >= 11 is 0. The van der Waals surface area contributed by atoms with Gasteiger partial charge in [-0.1, -0.05) is 48.5 Å². The molecule has 2 fully saturated rings. The molecule has 0 N–H and O–H groups in total. The smallest absolute Gasteiger partial charge is 0.425 e. The molecule has 4 nitrogen and oxygen atoms in total. The number of carbonyl (C=O) groups is 1. The summed E-state index contributed by atoms with van der Waals surface area (Å²) in [6.07, 6.45) is -0.200. The fourth-order valence-corrected chi connectivity index (χ4v) is 4.28. The van der Waals surface area contributed by atoms with Crippen LogP contribution in [0.5, 0.6) is 0 Å². The molecule has 0 radical (unpaired) electrons. The molecule has 0 saturated carbocycles. The lowest BCUT2D eigenvalue weighted by molar-refractivity contribution is -0.0497. The van der Waals surface area contributed by atoms with E-state index >= 15 is 0 Å². The number of ether oxygens (including phenoxy) is 1. The van der Waals surface area contributed by atoms with Gasteiger partial charge in [-0.3, -0.25) is 0 Å². The number of hydrazine groups is 1. The molecule has 116 valence electrons. The third kappa shape index (κ3) is 1.87. The van der Waals surface area contributed by atoms with Gasteiger partial charge in [0.05, 0.1) is 6.04 Å². The Balaban J connectivity index is 2.49. The number of nitrogens with zero attached hydrogens (tertiary/aromatic N) is 2. The summed E-state index contributed by atoms with van der Waals surface area (Å²) in [5, 5.41) is 3.96. The highest BCUT2D eigenvalue weighted by molar-refractivity contribution is 5.72. The molecule has 0 aromatic carbocycles. The van der Waals surface area contributed by atoms with E-state index in [1.165, 1.54) is 0 Å². The van der Waals surface area contributed by atoms with E-state index < -0.39 is 5.60 Å². The maximum absolute atomic E-state index is 12.4. The topological polar surface area (TPSA) is 32.8 Å². The molecule has 0 bridgehead atoms. The molecule has 2 aliphatic rings. The van der Waals surface area contributed by atoms with Crippen molar-refractivity contribution in [2.75, 3.05) is 7.05 Å². The van der Waals surface area contributed by atoms with Crippen molar-refractivity contribution in [3.05, 3.63) is 0 Å². The predicted octanol–water partition coefficient (Wildman–Crippen LogP) is 3.52. The molecular formula is C16H30N2O2. The van der Waals surface area contributed by atoms with Gasteiger partial charge in [0.25, 0.3) is 0 Å². The van der Waals surface area contributed by atoms with Crippen LogP contribution in [0, 0.1) is 16.7 Å². The van der Waals surface area contributed by atoms with E-state index in [1.54, 1.807) is 0 Å². The molecule has 2 saturated heterocycles. The summed E-state index contributed by atoms with van der Waals surface area (Å²) in [6.45, 7) is 17.5. The van der Waals surface area contributed by atoms with E-state index in [9.17, 15) is 4.79 Å². The van der Waals surface area contributed by atoms with Crippen molar-refractivity contribution in [3.63, 3.8) is 0 Å². The quantitative estimate of drug-likeness (QED) is 0.681. The number of fused-ring (bicyclic) bond motifs is 1. The van der Waals surface area contributed by atoms with Gasteiger partial charge in [-0.2, -0.15) is 0 Å². The summed E-state index contributed by atoms with van der Waals surface area (Å²) in [4.78, 5) is 12.4. The molecule has 3 unspecified atom stereocenters. The molecule has 2 rings (SSSR count). The van der Waals surface area contributed by atoms with Gasteiger partial charge in [0, 0.05) is 24.4 Å². The Morgan fingerprint density at radius 3 is 2.05 bits per heavy atom. The molecular weight excluding hydrogens is 252 g/mol. The van der Waals surface area contributed by atoms with Crippen LogP contribution in [-0.4, -0.2) is 40.8 Å². The second-order valence-corrected chi connectivity index (χ2v) is 8.76. The molecule has 0 aliphatic carbocycles. The average Bonchev–Trinajstić information content (AvgIpc) is 2.62. The first-order valence-corrected chi connectivity index (χ1v) is 7.57. The fourth-order valence-electron chi connectivity index (χ4n) is 4.28. The zero-order valence-corrected chi connectivity index (χ0v) is 14.4. The van der Waals surface area contributed by atoms with E-state index in [0.717, 1.165) is 0 Å². The highest BCUT2D eigenvalue weighted by Gasteiger charge is 2.66. The second-order valence-electron chi connectivity index (χ2n) is 8.76. The summed E-state index contributed by atoms with van der Waals surface area (Å²) in [7, 11) is 2.02. The van der Waals surface area contributed by atoms with Crippen molar-refractivity contribution < 1.29 is 9.53 Å². The van der Waals surface area contributed by atoms with E-state index in [4.69, 9.17) is 4.74 Å². The minimum atomic E-state index is -0.461. The number of carbonyl (C=O) groups excluding carboxylic acids is 1. The van der Waals surface area contributed by atoms with Crippen molar-refractivity contribution in [2.24, 2.45) is 16.7 Å². The van der Waals surface area contributed by atoms with E-state index in [2.05, 4.69) is 60.4 Å². The summed E-state index contributed by atoms with van der Waals surface area (Å²) in [5.41, 5.74) is -0.431. The van der Waals surface area contributed by atoms with Gasteiger partial charge in [-0.15, -0.1) is 0 Å². The lowest BCUT2D eigenvalue weighted by Gasteiger charge is -2.42. The maximum Gasteiger partial charge on any atom is 0.425 e. The van der Waals surface area contributed by atoms with Gasteiger partial charge in [0.15, 0.2) is 0 Å². The third-order valence-corrected chi connectivity index (χ3v) is 5.43. The highest BCUT2D eigenvalue weighted by Crippen LogP contribution is 2.52. The highest BCUT2D eigenvalue weighted by atomic mass is 16.6. The lowest BCUT2D eigenvalue weighted by atomic mass is 9.67. The first-order valence-electron chi connectivity index (χ1n) is 7.57. The molecule has 20 heavy (non-hydrogen) atoms. The number of rotatable bonds is 0. The maximum atomic E-state index is 12.4. The summed E-state index contributed by atoms with van der Waals surface area (Å²) < 4.78 is 5.83. The average molecular weight is 282 g/mol. The Hall–Kier alpha value is -0.770. The molecule has 0 aromatic rings. The minimum absolute atomic E-state index is 0.0933. The Morgan fingerprint density at radius 1 is 1.15 bits per heavy atom. The normalized spacial score (nSPS) is 39.1. The van der Waals surface area contributed by atoms with Gasteiger partial charge in [-0.25, -0.2) is 14.8 Å². The van der Waals surface area contributed by atoms with Crippen LogP contribution in [0.1, 0.15) is 55.4 Å². The summed E-state index contributed by atoms with van der Waals surface area (Å²) in [5.74, 6) is 0.371. The zero-order valence-electron chi connectivity index (χ0n) is 14.4. The van der Waals surface area contributed by atoms with Crippen LogP contribution >= 0.6 is 0 Å². The molecule has 4 atom stereocenters. The van der Waals surface area contributed by atoms with Crippen molar-refractivity contribution in [1.82, 2.24) is 10.0 Å². The van der Waals surface area contributed by atoms with Crippen LogP contribution in [0.2, 0.25) is 0 Å². The van der Waals surface area contributed by atoms with Gasteiger partial charge in [0.2, 0.25) is 0 Å². The zero-order chi connectivity index (χ0) is 15.7. The Labute approximate surface area is 123 Å². The SMILES string of the molecule is CC1C(C(C)(C)C)N(C)N2C(=O)O[C@](C)(C(C)(C)C)C12. The first kappa shape index (κ1) is 15.6. The Bertz CT molecular complexity index is 421. The third-order valence-electron chi connectivity index (χ3n) is 5.43. The molecule has 2 aliphatic heterocycles. The number of amides is 1. The van der Waals surface area contributed by atoms with E-state index in [-0.39, 0.29) is 23.0 Å². The summed E-state index contributed by atoms with van der Waals surface area (Å²) in [6, 6.07) is 0.436. The lowest BCUT2D eigenvalue weighted by Crippen LogP contribution is -2.52. The second kappa shape index (κ2) is 4.12. The molecule has 0 spiro atoms. The standard InChI is InChI=1S/C16H30N2O2/c1-10-11(14(2,3)4)17(9)18-12(10)16(8,15(5,6)7)20-13(18)19/h10-12H,1-9H3/t10?,11?,12?,16-/m0/s1. The number of cyclic esters (lactones) is 1. The first-order chi connectivity index (χ1) is 8.82. The van der Waals surface area contributed by atoms with Crippen LogP contribution in [0.15, 0.2) is 0 Å². The van der Waals surface area contributed by atoms with Gasteiger partial charge >= 0.3 is 6.09 Å². The van der Waals surface area contributed by atoms with Gasteiger partial charge in [0.1, 0.15) is 5.60 Å². The predicted molar refractivity (Wildman–Crippen MR) is 80.1 cm³/mol. The minimum Gasteiger partial charge on any atom is -0.439 e. The van der Waals surface area contributed by atoms with Crippen molar-refractivity contribution >= 4 is 6.09 Å². The Morgan fingerprint density at radius 2 is 1.65 bits per heavy atom. The van der Waals surface area contributed by atoms with E-state index in [1.807, 2.05) is 12.1 Å². The van der Waals surface area contributed by atoms with Crippen LogP contribution in [0.3, 0.4) is 0 Å². The molecule has 1 amide bonds. The Kier molecular flexibility index (Phi) is 3.22. The van der Waals surface area contributed by atoms with Gasteiger partial charge in [-0.05, 0) is 12.3 Å². The van der Waals surface area contributed by atoms with Crippen LogP contribution in [0.4, 0.5) is 4.79 Å². The van der Waals surface area contributed by atoms with Crippen LogP contribution < -0.4 is 0 Å². The van der Waals surface area contributed by atoms with Crippen molar-refractivity contribution in [3.8, 4) is 0 Å². The van der Waals surface area contributed by atoms with Crippen LogP contribution in [0.25, 0.3) is 0 Å².